The molecule has 1 N–H and O–H groups in total. The summed E-state index contributed by atoms with van der Waals surface area (Å²) in [7, 11) is 0. The van der Waals surface area contributed by atoms with Crippen LogP contribution in [0, 0.1) is 0 Å². The van der Waals surface area contributed by atoms with E-state index in [4.69, 9.17) is 4.74 Å². The lowest BCUT2D eigenvalue weighted by Crippen LogP contribution is -2.60. The van der Waals surface area contributed by atoms with Crippen molar-refractivity contribution >= 4 is 5.97 Å². The van der Waals surface area contributed by atoms with Crippen molar-refractivity contribution in [1.29, 1.82) is 0 Å². The van der Waals surface area contributed by atoms with Gasteiger partial charge in [-0.25, -0.2) is 0 Å². The summed E-state index contributed by atoms with van der Waals surface area (Å²) in [5.41, 5.74) is -0.649. The molecule has 4 heteroatoms. The zero-order valence-electron chi connectivity index (χ0n) is 13.7. The largest absolute Gasteiger partial charge is 0.465 e. The molecule has 0 rings (SSSR count). The van der Waals surface area contributed by atoms with E-state index in [0.717, 1.165) is 13.0 Å². The van der Waals surface area contributed by atoms with E-state index in [1.54, 1.807) is 0 Å². The summed E-state index contributed by atoms with van der Waals surface area (Å²) < 4.78 is 5.24. The second-order valence-corrected chi connectivity index (χ2v) is 5.67. The van der Waals surface area contributed by atoms with Crippen LogP contribution in [0.2, 0.25) is 0 Å². The van der Waals surface area contributed by atoms with Crippen LogP contribution in [0.25, 0.3) is 0 Å². The van der Waals surface area contributed by atoms with E-state index in [0.29, 0.717) is 19.2 Å². The van der Waals surface area contributed by atoms with Gasteiger partial charge >= 0.3 is 5.97 Å². The van der Waals surface area contributed by atoms with E-state index in [1.807, 2.05) is 13.8 Å². The van der Waals surface area contributed by atoms with Crippen LogP contribution >= 0.6 is 0 Å². The quantitative estimate of drug-likeness (QED) is 0.655. The van der Waals surface area contributed by atoms with Gasteiger partial charge in [-0.3, -0.25) is 15.0 Å². The fourth-order valence-corrected chi connectivity index (χ4v) is 2.34. The number of carbonyl (C=O) groups is 1. The first-order chi connectivity index (χ1) is 8.80. The van der Waals surface area contributed by atoms with Gasteiger partial charge < -0.3 is 4.74 Å². The molecule has 0 aromatic heterocycles. The predicted octanol–water partition coefficient (Wildman–Crippen LogP) is 2.43. The highest BCUT2D eigenvalue weighted by molar-refractivity contribution is 5.80. The Bertz CT molecular complexity index is 269. The van der Waals surface area contributed by atoms with Gasteiger partial charge in [-0.1, -0.05) is 13.8 Å². The maximum Gasteiger partial charge on any atom is 0.327 e. The Morgan fingerprint density at radius 1 is 1.26 bits per heavy atom. The van der Waals surface area contributed by atoms with Crippen LogP contribution < -0.4 is 5.32 Å². The molecular formula is C15H32N2O2. The Balaban J connectivity index is 4.97. The molecule has 0 bridgehead atoms. The molecule has 0 aliphatic rings. The fraction of sp³-hybridized carbons (Fsp3) is 0.933. The molecule has 0 saturated carbocycles. The summed E-state index contributed by atoms with van der Waals surface area (Å²) in [5, 5.41) is 3.37. The van der Waals surface area contributed by atoms with E-state index in [1.165, 1.54) is 0 Å². The third-order valence-electron chi connectivity index (χ3n) is 3.47. The number of likely N-dealkylation sites (N-methyl/N-ethyl adjacent to an activating group) is 1. The van der Waals surface area contributed by atoms with Crippen LogP contribution in [0.3, 0.4) is 0 Å². The zero-order chi connectivity index (χ0) is 15.1. The van der Waals surface area contributed by atoms with Crippen LogP contribution in [0.5, 0.6) is 0 Å². The molecule has 0 radical (unpaired) electrons. The van der Waals surface area contributed by atoms with Crippen molar-refractivity contribution in [2.45, 2.75) is 72.5 Å². The van der Waals surface area contributed by atoms with E-state index in [2.05, 4.69) is 44.8 Å². The molecule has 0 amide bonds. The summed E-state index contributed by atoms with van der Waals surface area (Å²) in [5.74, 6) is -0.162. The minimum absolute atomic E-state index is 0.162. The first-order valence-corrected chi connectivity index (χ1v) is 7.49. The normalized spacial score (nSPS) is 16.5. The highest BCUT2D eigenvalue weighted by Gasteiger charge is 2.37. The van der Waals surface area contributed by atoms with Gasteiger partial charge in [-0.2, -0.15) is 0 Å². The van der Waals surface area contributed by atoms with Crippen molar-refractivity contribution < 1.29 is 9.53 Å². The number of esters is 1. The molecule has 2 atom stereocenters. The topological polar surface area (TPSA) is 41.6 Å². The second-order valence-electron chi connectivity index (χ2n) is 5.67. The minimum atomic E-state index is -0.649. The number of carbonyl (C=O) groups excluding carboxylic acids is 1. The second kappa shape index (κ2) is 8.54. The van der Waals surface area contributed by atoms with Crippen molar-refractivity contribution in [3.05, 3.63) is 0 Å². The Morgan fingerprint density at radius 2 is 1.84 bits per heavy atom. The average molecular weight is 272 g/mol. The molecule has 0 aromatic carbocycles. The van der Waals surface area contributed by atoms with Crippen molar-refractivity contribution in [1.82, 2.24) is 10.2 Å². The van der Waals surface area contributed by atoms with E-state index < -0.39 is 5.54 Å². The summed E-state index contributed by atoms with van der Waals surface area (Å²) >= 11 is 0. The van der Waals surface area contributed by atoms with Gasteiger partial charge in [0.1, 0.15) is 5.54 Å². The highest BCUT2D eigenvalue weighted by Crippen LogP contribution is 2.14. The van der Waals surface area contributed by atoms with Crippen molar-refractivity contribution in [3.63, 3.8) is 0 Å². The van der Waals surface area contributed by atoms with Crippen LogP contribution in [-0.4, -0.2) is 48.2 Å². The van der Waals surface area contributed by atoms with Gasteiger partial charge in [-0.15, -0.1) is 0 Å². The summed E-state index contributed by atoms with van der Waals surface area (Å²) in [4.78, 5) is 14.6. The minimum Gasteiger partial charge on any atom is -0.465 e. The molecule has 2 unspecified atom stereocenters. The van der Waals surface area contributed by atoms with Gasteiger partial charge in [0.15, 0.2) is 0 Å². The van der Waals surface area contributed by atoms with Gasteiger partial charge in [0, 0.05) is 18.6 Å². The fourth-order valence-electron chi connectivity index (χ4n) is 2.34. The third kappa shape index (κ3) is 5.91. The molecule has 0 aromatic rings. The number of nitrogens with zero attached hydrogens (tertiary/aromatic N) is 1. The first-order valence-electron chi connectivity index (χ1n) is 7.49. The van der Waals surface area contributed by atoms with Crippen molar-refractivity contribution in [2.75, 3.05) is 19.7 Å². The summed E-state index contributed by atoms with van der Waals surface area (Å²) in [6, 6.07) is 0.706. The molecular weight excluding hydrogens is 240 g/mol. The number of hydrogen-bond donors (Lipinski definition) is 1. The Labute approximate surface area is 118 Å². The van der Waals surface area contributed by atoms with Gasteiger partial charge in [-0.05, 0) is 47.6 Å². The highest BCUT2D eigenvalue weighted by atomic mass is 16.5. The first kappa shape index (κ1) is 18.4. The molecule has 0 heterocycles. The Hall–Kier alpha value is -0.610. The maximum absolute atomic E-state index is 12.3. The predicted molar refractivity (Wildman–Crippen MR) is 80.3 cm³/mol. The van der Waals surface area contributed by atoms with Gasteiger partial charge in [0.2, 0.25) is 0 Å². The molecule has 19 heavy (non-hydrogen) atoms. The standard InChI is InChI=1S/C15H32N2O2/c1-8-13(6)17(9-2)11-15(7,16-12(4)5)14(18)19-10-3/h12-13,16H,8-11H2,1-7H3. The van der Waals surface area contributed by atoms with E-state index in [9.17, 15) is 4.79 Å². The SMILES string of the molecule is CCOC(=O)C(C)(CN(CC)C(C)CC)NC(C)C. The lowest BCUT2D eigenvalue weighted by atomic mass is 9.99. The summed E-state index contributed by atoms with van der Waals surface area (Å²) in [6.45, 7) is 16.4. The van der Waals surface area contributed by atoms with Crippen molar-refractivity contribution in [3.8, 4) is 0 Å². The number of ether oxygens (including phenoxy) is 1. The molecule has 114 valence electrons. The zero-order valence-corrected chi connectivity index (χ0v) is 13.7. The number of nitrogens with one attached hydrogen (secondary N) is 1. The van der Waals surface area contributed by atoms with E-state index in [-0.39, 0.29) is 12.0 Å². The lowest BCUT2D eigenvalue weighted by molar-refractivity contribution is -0.152. The van der Waals surface area contributed by atoms with Gasteiger partial charge in [0.05, 0.1) is 6.61 Å². The Morgan fingerprint density at radius 3 is 2.21 bits per heavy atom. The average Bonchev–Trinajstić information content (AvgIpc) is 2.34. The maximum atomic E-state index is 12.3. The lowest BCUT2D eigenvalue weighted by Gasteiger charge is -2.37. The smallest absolute Gasteiger partial charge is 0.327 e. The number of rotatable bonds is 9. The molecule has 0 spiro atoms. The van der Waals surface area contributed by atoms with Crippen LogP contribution in [-0.2, 0) is 9.53 Å². The molecule has 0 fully saturated rings. The Kier molecular flexibility index (Phi) is 8.26. The third-order valence-corrected chi connectivity index (χ3v) is 3.47. The summed E-state index contributed by atoms with van der Waals surface area (Å²) in [6.07, 6.45) is 1.08. The van der Waals surface area contributed by atoms with Gasteiger partial charge in [0.25, 0.3) is 0 Å². The van der Waals surface area contributed by atoms with Crippen LogP contribution in [0.1, 0.15) is 54.9 Å². The van der Waals surface area contributed by atoms with Crippen molar-refractivity contribution in [2.24, 2.45) is 0 Å². The monoisotopic (exact) mass is 272 g/mol. The molecule has 4 nitrogen and oxygen atoms in total. The molecule has 0 saturated heterocycles. The number of hydrogen-bond acceptors (Lipinski definition) is 4. The van der Waals surface area contributed by atoms with Crippen LogP contribution in [0.15, 0.2) is 0 Å². The molecule has 0 aliphatic heterocycles. The molecule has 0 aliphatic carbocycles. The van der Waals surface area contributed by atoms with E-state index >= 15 is 0 Å². The van der Waals surface area contributed by atoms with Crippen LogP contribution in [0.4, 0.5) is 0 Å².